The lowest BCUT2D eigenvalue weighted by Crippen LogP contribution is -2.32. The van der Waals surface area contributed by atoms with Crippen molar-refractivity contribution in [2.75, 3.05) is 11.9 Å². The van der Waals surface area contributed by atoms with Crippen LogP contribution in [0, 0.1) is 13.8 Å². The summed E-state index contributed by atoms with van der Waals surface area (Å²) in [6.07, 6.45) is 3.48. The van der Waals surface area contributed by atoms with Gasteiger partial charge in [0, 0.05) is 30.4 Å². The summed E-state index contributed by atoms with van der Waals surface area (Å²) in [7, 11) is 1.83. The van der Waals surface area contributed by atoms with Gasteiger partial charge in [-0.2, -0.15) is 0 Å². The molecular formula is C25H24N4O2S. The molecule has 2 amide bonds. The first-order valence-corrected chi connectivity index (χ1v) is 11.1. The van der Waals surface area contributed by atoms with Gasteiger partial charge < -0.3 is 15.2 Å². The second-order valence-electron chi connectivity index (χ2n) is 7.79. The highest BCUT2D eigenvalue weighted by Crippen LogP contribution is 2.29. The minimum atomic E-state index is -0.320. The van der Waals surface area contributed by atoms with Crippen LogP contribution in [0.2, 0.25) is 0 Å². The number of thiazole rings is 1. The smallest absolute Gasteiger partial charge is 0.253 e. The van der Waals surface area contributed by atoms with Gasteiger partial charge in [0.1, 0.15) is 0 Å². The van der Waals surface area contributed by atoms with Crippen molar-refractivity contribution >= 4 is 28.3 Å². The molecular weight excluding hydrogens is 420 g/mol. The number of anilines is 1. The Bertz CT molecular complexity index is 1270. The molecule has 162 valence electrons. The number of carbonyl (C=O) groups is 2. The van der Waals surface area contributed by atoms with E-state index >= 15 is 0 Å². The van der Waals surface area contributed by atoms with Gasteiger partial charge in [-0.25, -0.2) is 4.98 Å². The van der Waals surface area contributed by atoms with E-state index in [0.717, 1.165) is 16.8 Å². The van der Waals surface area contributed by atoms with Crippen LogP contribution in [0.3, 0.4) is 0 Å². The monoisotopic (exact) mass is 444 g/mol. The summed E-state index contributed by atoms with van der Waals surface area (Å²) in [5.41, 5.74) is 7.03. The molecule has 4 aromatic rings. The normalized spacial score (nSPS) is 10.7. The Hall–Kier alpha value is -3.71. The number of aromatic nitrogens is 2. The lowest BCUT2D eigenvalue weighted by atomic mass is 9.99. The number of hydrogen-bond acceptors (Lipinski definition) is 4. The lowest BCUT2D eigenvalue weighted by Gasteiger charge is -2.07. The number of nitrogens with zero attached hydrogens (tertiary/aromatic N) is 2. The fourth-order valence-electron chi connectivity index (χ4n) is 3.53. The molecule has 4 rings (SSSR count). The standard InChI is InChI=1S/C25H24N4O2S/c1-16-9-17(2)11-21(10-16)18-5-4-6-19(12-18)22-15-32-25(27-22)28-23(30)13-26-24(31)20-7-8-29(3)14-20/h4-12,14-15H,13H2,1-3H3,(H,26,31)(H,27,28,30). The van der Waals surface area contributed by atoms with Crippen LogP contribution >= 0.6 is 11.3 Å². The molecule has 0 saturated heterocycles. The largest absolute Gasteiger partial charge is 0.356 e. The van der Waals surface area contributed by atoms with Crippen LogP contribution in [0.25, 0.3) is 22.4 Å². The number of rotatable bonds is 6. The van der Waals surface area contributed by atoms with E-state index in [2.05, 4.69) is 59.8 Å². The van der Waals surface area contributed by atoms with Crippen molar-refractivity contribution in [3.05, 3.63) is 83.0 Å². The third-order valence-corrected chi connectivity index (χ3v) is 5.73. The number of carbonyl (C=O) groups excluding carboxylic acids is 2. The SMILES string of the molecule is Cc1cc(C)cc(-c2cccc(-c3csc(NC(=O)CNC(=O)c4ccn(C)c4)n3)c2)c1. The van der Waals surface area contributed by atoms with E-state index in [0.29, 0.717) is 10.7 Å². The second-order valence-corrected chi connectivity index (χ2v) is 8.65. The Labute approximate surface area is 190 Å². The van der Waals surface area contributed by atoms with Gasteiger partial charge in [-0.15, -0.1) is 11.3 Å². The molecule has 0 fully saturated rings. The summed E-state index contributed by atoms with van der Waals surface area (Å²) < 4.78 is 1.78. The summed E-state index contributed by atoms with van der Waals surface area (Å²) in [6, 6.07) is 16.4. The van der Waals surface area contributed by atoms with Gasteiger partial charge in [-0.05, 0) is 37.1 Å². The van der Waals surface area contributed by atoms with Crippen LogP contribution in [-0.2, 0) is 11.8 Å². The lowest BCUT2D eigenvalue weighted by molar-refractivity contribution is -0.115. The Morgan fingerprint density at radius 1 is 1.00 bits per heavy atom. The van der Waals surface area contributed by atoms with Crippen LogP contribution in [0.15, 0.2) is 66.3 Å². The zero-order chi connectivity index (χ0) is 22.7. The van der Waals surface area contributed by atoms with Crippen LogP contribution in [0.1, 0.15) is 21.5 Å². The fourth-order valence-corrected chi connectivity index (χ4v) is 4.26. The number of aryl methyl sites for hydroxylation is 3. The molecule has 2 aromatic carbocycles. The first kappa shape index (κ1) is 21.5. The molecule has 0 aliphatic heterocycles. The van der Waals surface area contributed by atoms with Crippen LogP contribution in [0.5, 0.6) is 0 Å². The van der Waals surface area contributed by atoms with E-state index < -0.39 is 0 Å². The Kier molecular flexibility index (Phi) is 6.18. The van der Waals surface area contributed by atoms with Crippen LogP contribution in [0.4, 0.5) is 5.13 Å². The number of nitrogens with one attached hydrogen (secondary N) is 2. The highest BCUT2D eigenvalue weighted by molar-refractivity contribution is 7.14. The molecule has 6 nitrogen and oxygen atoms in total. The maximum atomic E-state index is 12.2. The molecule has 2 N–H and O–H groups in total. The number of hydrogen-bond donors (Lipinski definition) is 2. The second kappa shape index (κ2) is 9.20. The van der Waals surface area contributed by atoms with Crippen molar-refractivity contribution in [3.63, 3.8) is 0 Å². The molecule has 0 atom stereocenters. The molecule has 2 aromatic heterocycles. The minimum Gasteiger partial charge on any atom is -0.356 e. The van der Waals surface area contributed by atoms with E-state index in [4.69, 9.17) is 0 Å². The van der Waals surface area contributed by atoms with E-state index in [-0.39, 0.29) is 18.4 Å². The Morgan fingerprint density at radius 2 is 1.75 bits per heavy atom. The summed E-state index contributed by atoms with van der Waals surface area (Å²) in [5.74, 6) is -0.608. The van der Waals surface area contributed by atoms with Gasteiger partial charge in [0.25, 0.3) is 5.91 Å². The van der Waals surface area contributed by atoms with Crippen molar-refractivity contribution in [2.45, 2.75) is 13.8 Å². The van der Waals surface area contributed by atoms with Crippen molar-refractivity contribution in [1.82, 2.24) is 14.9 Å². The quantitative estimate of drug-likeness (QED) is 0.448. The average Bonchev–Trinajstić information content (AvgIpc) is 3.40. The van der Waals surface area contributed by atoms with Crippen molar-refractivity contribution in [1.29, 1.82) is 0 Å². The molecule has 0 radical (unpaired) electrons. The molecule has 0 spiro atoms. The average molecular weight is 445 g/mol. The zero-order valence-corrected chi connectivity index (χ0v) is 19.0. The van der Waals surface area contributed by atoms with E-state index in [1.807, 2.05) is 24.6 Å². The van der Waals surface area contributed by atoms with E-state index in [9.17, 15) is 9.59 Å². The van der Waals surface area contributed by atoms with Crippen LogP contribution in [-0.4, -0.2) is 27.9 Å². The molecule has 7 heteroatoms. The number of benzene rings is 2. The van der Waals surface area contributed by atoms with Gasteiger partial charge in [0.15, 0.2) is 5.13 Å². The first-order chi connectivity index (χ1) is 15.4. The highest BCUT2D eigenvalue weighted by Gasteiger charge is 2.12. The maximum Gasteiger partial charge on any atom is 0.253 e. The molecule has 2 heterocycles. The zero-order valence-electron chi connectivity index (χ0n) is 18.2. The fraction of sp³-hybridized carbons (Fsp3) is 0.160. The van der Waals surface area contributed by atoms with E-state index in [1.165, 1.54) is 28.0 Å². The van der Waals surface area contributed by atoms with E-state index in [1.54, 1.807) is 23.0 Å². The molecule has 0 aliphatic rings. The predicted molar refractivity (Wildman–Crippen MR) is 129 cm³/mol. The Morgan fingerprint density at radius 3 is 2.47 bits per heavy atom. The molecule has 32 heavy (non-hydrogen) atoms. The molecule has 0 bridgehead atoms. The van der Waals surface area contributed by atoms with Gasteiger partial charge in [0.2, 0.25) is 5.91 Å². The van der Waals surface area contributed by atoms with Crippen molar-refractivity contribution in [2.24, 2.45) is 7.05 Å². The molecule has 0 aliphatic carbocycles. The van der Waals surface area contributed by atoms with Gasteiger partial charge in [-0.1, -0.05) is 47.5 Å². The molecule has 0 unspecified atom stereocenters. The summed E-state index contributed by atoms with van der Waals surface area (Å²) in [4.78, 5) is 28.9. The summed E-state index contributed by atoms with van der Waals surface area (Å²) in [5, 5.41) is 7.78. The topological polar surface area (TPSA) is 76.0 Å². The molecule has 0 saturated carbocycles. The maximum absolute atomic E-state index is 12.2. The summed E-state index contributed by atoms with van der Waals surface area (Å²) in [6.45, 7) is 4.07. The van der Waals surface area contributed by atoms with Crippen molar-refractivity contribution < 1.29 is 9.59 Å². The van der Waals surface area contributed by atoms with Gasteiger partial charge in [-0.3, -0.25) is 9.59 Å². The Balaban J connectivity index is 1.41. The minimum absolute atomic E-state index is 0.120. The van der Waals surface area contributed by atoms with Gasteiger partial charge in [0.05, 0.1) is 17.8 Å². The van der Waals surface area contributed by atoms with Crippen LogP contribution < -0.4 is 10.6 Å². The third kappa shape index (κ3) is 5.12. The van der Waals surface area contributed by atoms with Gasteiger partial charge >= 0.3 is 0 Å². The first-order valence-electron chi connectivity index (χ1n) is 10.2. The van der Waals surface area contributed by atoms with Crippen molar-refractivity contribution in [3.8, 4) is 22.4 Å². The number of amides is 2. The third-order valence-electron chi connectivity index (χ3n) is 4.97. The summed E-state index contributed by atoms with van der Waals surface area (Å²) >= 11 is 1.35. The predicted octanol–water partition coefficient (Wildman–Crippen LogP) is 4.80. The highest BCUT2D eigenvalue weighted by atomic mass is 32.1.